The summed E-state index contributed by atoms with van der Waals surface area (Å²) in [6.07, 6.45) is 3.15. The summed E-state index contributed by atoms with van der Waals surface area (Å²) in [6.45, 7) is 4.67. The summed E-state index contributed by atoms with van der Waals surface area (Å²) in [5.74, 6) is 0.675. The number of ketones is 1. The van der Waals surface area contributed by atoms with E-state index in [4.69, 9.17) is 9.47 Å². The van der Waals surface area contributed by atoms with E-state index in [1.165, 1.54) is 0 Å². The summed E-state index contributed by atoms with van der Waals surface area (Å²) in [7, 11) is 0. The van der Waals surface area contributed by atoms with Gasteiger partial charge in [-0.2, -0.15) is 0 Å². The molecule has 0 radical (unpaired) electrons. The Balaban J connectivity index is 1.31. The number of Topliss-reactive ketones (excluding diaryl/α,β-unsaturated/α-hetero) is 1. The molecule has 0 saturated carbocycles. The first kappa shape index (κ1) is 25.9. The maximum atomic E-state index is 12.8. The van der Waals surface area contributed by atoms with Crippen molar-refractivity contribution in [3.8, 4) is 11.5 Å². The number of pyridine rings is 1. The minimum Gasteiger partial charge on any atom is -0.485 e. The van der Waals surface area contributed by atoms with Gasteiger partial charge < -0.3 is 19.7 Å². The van der Waals surface area contributed by atoms with Crippen LogP contribution >= 0.6 is 0 Å². The molecule has 0 unspecified atom stereocenters. The normalized spacial score (nSPS) is 12.5. The Kier molecular flexibility index (Phi) is 8.51. The maximum absolute atomic E-state index is 12.8. The molecule has 1 aliphatic rings. The number of nitrogens with one attached hydrogen (secondary N) is 1. The van der Waals surface area contributed by atoms with Gasteiger partial charge >= 0.3 is 0 Å². The third kappa shape index (κ3) is 6.94. The second-order valence-electron chi connectivity index (χ2n) is 9.00. The molecule has 1 aromatic heterocycles. The zero-order chi connectivity index (χ0) is 26.2. The summed E-state index contributed by atoms with van der Waals surface area (Å²) in [5.41, 5.74) is 4.12. The number of anilines is 1. The van der Waals surface area contributed by atoms with Crippen LogP contribution in [0.25, 0.3) is 0 Å². The Labute approximate surface area is 216 Å². The first-order chi connectivity index (χ1) is 17.9. The molecule has 2 heterocycles. The number of carbonyl (C=O) groups excluding carboxylic acids is 3. The lowest BCUT2D eigenvalue weighted by Gasteiger charge is -2.29. The number of ether oxygens (including phenoxy) is 2. The minimum atomic E-state index is -0.209. The van der Waals surface area contributed by atoms with E-state index >= 15 is 0 Å². The summed E-state index contributed by atoms with van der Waals surface area (Å²) >= 11 is 0. The molecule has 192 valence electrons. The van der Waals surface area contributed by atoms with Gasteiger partial charge in [0.1, 0.15) is 11.5 Å². The third-order valence-electron chi connectivity index (χ3n) is 6.29. The van der Waals surface area contributed by atoms with Crippen molar-refractivity contribution in [3.05, 3.63) is 83.2 Å². The van der Waals surface area contributed by atoms with Gasteiger partial charge in [-0.1, -0.05) is 12.1 Å². The number of hydrogen-bond donors (Lipinski definition) is 1. The van der Waals surface area contributed by atoms with Gasteiger partial charge in [-0.15, -0.1) is 0 Å². The highest BCUT2D eigenvalue weighted by Crippen LogP contribution is 2.33. The number of benzene rings is 2. The van der Waals surface area contributed by atoms with Gasteiger partial charge in [0.15, 0.2) is 19.0 Å². The minimum absolute atomic E-state index is 0.0769. The molecule has 0 atom stereocenters. The maximum Gasteiger partial charge on any atom is 0.265 e. The first-order valence-corrected chi connectivity index (χ1v) is 12.4. The monoisotopic (exact) mass is 501 g/mol. The van der Waals surface area contributed by atoms with Gasteiger partial charge in [0.05, 0.1) is 5.69 Å². The van der Waals surface area contributed by atoms with Crippen LogP contribution in [0.3, 0.4) is 0 Å². The number of aromatic nitrogens is 1. The molecule has 4 rings (SSSR count). The Morgan fingerprint density at radius 3 is 2.73 bits per heavy atom. The van der Waals surface area contributed by atoms with Crippen LogP contribution in [0.1, 0.15) is 40.0 Å². The molecule has 0 aliphatic carbocycles. The smallest absolute Gasteiger partial charge is 0.265 e. The molecule has 8 heteroatoms. The van der Waals surface area contributed by atoms with Crippen LogP contribution in [0.5, 0.6) is 11.5 Å². The number of amides is 2. The molecule has 3 aromatic rings. The van der Waals surface area contributed by atoms with E-state index in [2.05, 4.69) is 10.3 Å². The highest BCUT2D eigenvalue weighted by Gasteiger charge is 2.26. The Morgan fingerprint density at radius 1 is 1.08 bits per heavy atom. The number of nitrogens with zero attached hydrogens (tertiary/aromatic N) is 2. The van der Waals surface area contributed by atoms with Crippen LogP contribution in [-0.2, 0) is 16.0 Å². The Morgan fingerprint density at radius 2 is 1.95 bits per heavy atom. The molecule has 8 nitrogen and oxygen atoms in total. The molecule has 1 N–H and O–H groups in total. The van der Waals surface area contributed by atoms with Crippen LogP contribution in [0, 0.1) is 13.8 Å². The predicted molar refractivity (Wildman–Crippen MR) is 140 cm³/mol. The predicted octanol–water partition coefficient (Wildman–Crippen LogP) is 3.82. The topological polar surface area (TPSA) is 97.8 Å². The lowest BCUT2D eigenvalue weighted by Crippen LogP contribution is -2.40. The quantitative estimate of drug-likeness (QED) is 0.401. The molecule has 2 amide bonds. The lowest BCUT2D eigenvalue weighted by molar-refractivity contribution is -0.122. The third-order valence-corrected chi connectivity index (χ3v) is 6.29. The summed E-state index contributed by atoms with van der Waals surface area (Å²) in [4.78, 5) is 43.5. The Hall–Kier alpha value is -4.20. The zero-order valence-corrected chi connectivity index (χ0v) is 21.2. The highest BCUT2D eigenvalue weighted by molar-refractivity contribution is 6.02. The van der Waals surface area contributed by atoms with E-state index in [0.717, 1.165) is 16.8 Å². The van der Waals surface area contributed by atoms with Crippen molar-refractivity contribution < 1.29 is 23.9 Å². The van der Waals surface area contributed by atoms with Gasteiger partial charge in [0.2, 0.25) is 5.91 Å². The molecule has 0 bridgehead atoms. The summed E-state index contributed by atoms with van der Waals surface area (Å²) in [5, 5.41) is 2.89. The first-order valence-electron chi connectivity index (χ1n) is 12.4. The van der Waals surface area contributed by atoms with Crippen LogP contribution in [0.4, 0.5) is 5.69 Å². The SMILES string of the molecule is Cc1ccc(OCC(=O)c2ccc3c(c2)N(CCCC(=O)NCCc2ccccn2)C(=O)CO3)cc1C. The van der Waals surface area contributed by atoms with E-state index in [1.54, 1.807) is 29.3 Å². The van der Waals surface area contributed by atoms with Crippen molar-refractivity contribution in [1.29, 1.82) is 0 Å². The second kappa shape index (κ2) is 12.2. The fourth-order valence-electron chi connectivity index (χ4n) is 4.02. The van der Waals surface area contributed by atoms with Crippen molar-refractivity contribution in [2.24, 2.45) is 0 Å². The molecule has 0 fully saturated rings. The number of hydrogen-bond acceptors (Lipinski definition) is 6. The largest absolute Gasteiger partial charge is 0.485 e. The van der Waals surface area contributed by atoms with E-state index in [1.807, 2.05) is 50.2 Å². The fourth-order valence-corrected chi connectivity index (χ4v) is 4.02. The standard InChI is InChI=1S/C29H31N3O5/c1-20-8-10-24(16-21(20)2)36-18-26(33)22-9-11-27-25(17-22)32(29(35)19-37-27)15-5-7-28(34)31-14-12-23-6-3-4-13-30-23/h3-4,6,8-11,13,16-17H,5,7,12,14-15,18-19H2,1-2H3,(H,31,34). The number of aryl methyl sites for hydroxylation is 2. The molecule has 2 aromatic carbocycles. The Bertz CT molecular complexity index is 1280. The number of rotatable bonds is 11. The lowest BCUT2D eigenvalue weighted by atomic mass is 10.1. The average Bonchev–Trinajstić information content (AvgIpc) is 2.90. The fraction of sp³-hybridized carbons (Fsp3) is 0.310. The molecular formula is C29H31N3O5. The van der Waals surface area contributed by atoms with Crippen LogP contribution in [0.2, 0.25) is 0 Å². The second-order valence-corrected chi connectivity index (χ2v) is 9.00. The van der Waals surface area contributed by atoms with Crippen molar-refractivity contribution >= 4 is 23.3 Å². The summed E-state index contributed by atoms with van der Waals surface area (Å²) < 4.78 is 11.3. The van der Waals surface area contributed by atoms with Crippen molar-refractivity contribution in [3.63, 3.8) is 0 Å². The number of fused-ring (bicyclic) bond motifs is 1. The van der Waals surface area contributed by atoms with E-state index in [9.17, 15) is 14.4 Å². The molecule has 1 aliphatic heterocycles. The number of carbonyl (C=O) groups is 3. The average molecular weight is 502 g/mol. The molecule has 0 saturated heterocycles. The van der Waals surface area contributed by atoms with E-state index < -0.39 is 0 Å². The summed E-state index contributed by atoms with van der Waals surface area (Å²) in [6, 6.07) is 16.4. The van der Waals surface area contributed by atoms with Crippen molar-refractivity contribution in [1.82, 2.24) is 10.3 Å². The van der Waals surface area contributed by atoms with Gasteiger partial charge in [-0.25, -0.2) is 0 Å². The van der Waals surface area contributed by atoms with E-state index in [0.29, 0.717) is 48.7 Å². The van der Waals surface area contributed by atoms with Gasteiger partial charge in [0.25, 0.3) is 5.91 Å². The zero-order valence-electron chi connectivity index (χ0n) is 21.2. The van der Waals surface area contributed by atoms with E-state index in [-0.39, 0.29) is 37.2 Å². The molecular weight excluding hydrogens is 470 g/mol. The molecule has 37 heavy (non-hydrogen) atoms. The van der Waals surface area contributed by atoms with Crippen LogP contribution < -0.4 is 19.7 Å². The van der Waals surface area contributed by atoms with Gasteiger partial charge in [-0.3, -0.25) is 19.4 Å². The van der Waals surface area contributed by atoms with Crippen LogP contribution in [0.15, 0.2) is 60.8 Å². The van der Waals surface area contributed by atoms with Gasteiger partial charge in [0, 0.05) is 43.4 Å². The molecule has 0 spiro atoms. The van der Waals surface area contributed by atoms with Crippen molar-refractivity contribution in [2.75, 3.05) is 31.2 Å². The van der Waals surface area contributed by atoms with Gasteiger partial charge in [-0.05, 0) is 73.9 Å². The van der Waals surface area contributed by atoms with Crippen molar-refractivity contribution in [2.45, 2.75) is 33.1 Å². The highest BCUT2D eigenvalue weighted by atomic mass is 16.5. The van der Waals surface area contributed by atoms with Crippen LogP contribution in [-0.4, -0.2) is 48.9 Å².